The van der Waals surface area contributed by atoms with Gasteiger partial charge in [0.1, 0.15) is 5.92 Å². The number of nitrogens with one attached hydrogen (secondary N) is 1. The van der Waals surface area contributed by atoms with Crippen molar-refractivity contribution in [2.45, 2.75) is 31.7 Å². The van der Waals surface area contributed by atoms with Crippen molar-refractivity contribution in [3.63, 3.8) is 0 Å². The first-order valence-corrected chi connectivity index (χ1v) is 12.6. The summed E-state index contributed by atoms with van der Waals surface area (Å²) in [6.07, 6.45) is 3.88. The van der Waals surface area contributed by atoms with E-state index in [2.05, 4.69) is 22.3 Å². The van der Waals surface area contributed by atoms with E-state index in [1.807, 2.05) is 48.5 Å². The number of hydrogen-bond acceptors (Lipinski definition) is 4. The molecule has 1 unspecified atom stereocenters. The zero-order chi connectivity index (χ0) is 25.1. The van der Waals surface area contributed by atoms with E-state index in [0.717, 1.165) is 36.4 Å². The molecule has 1 N–H and O–H groups in total. The Labute approximate surface area is 212 Å². The third-order valence-electron chi connectivity index (χ3n) is 6.92. The fraction of sp³-hybridized carbons (Fsp3) is 0.300. The van der Waals surface area contributed by atoms with Crippen LogP contribution in [0.5, 0.6) is 0 Å². The van der Waals surface area contributed by atoms with Crippen molar-refractivity contribution >= 4 is 28.9 Å². The van der Waals surface area contributed by atoms with Gasteiger partial charge in [-0.1, -0.05) is 55.0 Å². The lowest BCUT2D eigenvalue weighted by molar-refractivity contribution is -0.115. The summed E-state index contributed by atoms with van der Waals surface area (Å²) in [6, 6.07) is 23.6. The molecule has 0 saturated carbocycles. The molecule has 184 valence electrons. The number of anilines is 1. The van der Waals surface area contributed by atoms with E-state index in [9.17, 15) is 9.59 Å². The van der Waals surface area contributed by atoms with Crippen LogP contribution in [0, 0.1) is 0 Å². The molecule has 3 aromatic rings. The minimum atomic E-state index is -0.557. The molecule has 6 nitrogen and oxygen atoms in total. The number of aliphatic imine (C=N–C) groups is 1. The summed E-state index contributed by atoms with van der Waals surface area (Å²) in [7, 11) is 3.43. The summed E-state index contributed by atoms with van der Waals surface area (Å²) >= 11 is 0. The van der Waals surface area contributed by atoms with Crippen molar-refractivity contribution in [1.29, 1.82) is 0 Å². The second-order valence-electron chi connectivity index (χ2n) is 9.79. The normalized spacial score (nSPS) is 18.0. The molecule has 2 amide bonds. The summed E-state index contributed by atoms with van der Waals surface area (Å²) < 4.78 is 0. The Morgan fingerprint density at radius 1 is 0.944 bits per heavy atom. The highest BCUT2D eigenvalue weighted by Crippen LogP contribution is 2.37. The number of carbonyl (C=O) groups excluding carboxylic acids is 2. The molecule has 0 aliphatic carbocycles. The van der Waals surface area contributed by atoms with Gasteiger partial charge in [-0.3, -0.25) is 19.5 Å². The van der Waals surface area contributed by atoms with Crippen molar-refractivity contribution in [3.8, 4) is 0 Å². The lowest BCUT2D eigenvalue weighted by Gasteiger charge is -2.26. The van der Waals surface area contributed by atoms with E-state index in [4.69, 9.17) is 4.99 Å². The van der Waals surface area contributed by atoms with E-state index in [0.29, 0.717) is 17.0 Å². The molecule has 36 heavy (non-hydrogen) atoms. The topological polar surface area (TPSA) is 65.0 Å². The van der Waals surface area contributed by atoms with Gasteiger partial charge >= 0.3 is 0 Å². The summed E-state index contributed by atoms with van der Waals surface area (Å²) in [6.45, 7) is 3.29. The zero-order valence-corrected chi connectivity index (χ0v) is 20.9. The van der Waals surface area contributed by atoms with Crippen LogP contribution in [0.25, 0.3) is 0 Å². The number of likely N-dealkylation sites (tertiary alicyclic amines) is 1. The van der Waals surface area contributed by atoms with Gasteiger partial charge in [0.05, 0.1) is 11.4 Å². The lowest BCUT2D eigenvalue weighted by Crippen LogP contribution is -2.28. The van der Waals surface area contributed by atoms with Crippen LogP contribution in [0.3, 0.4) is 0 Å². The van der Waals surface area contributed by atoms with Gasteiger partial charge in [0, 0.05) is 31.9 Å². The summed E-state index contributed by atoms with van der Waals surface area (Å²) in [4.78, 5) is 34.7. The van der Waals surface area contributed by atoms with Crippen LogP contribution in [-0.2, 0) is 11.3 Å². The Bertz CT molecular complexity index is 1280. The minimum absolute atomic E-state index is 0.0999. The molecular formula is C30H32N4O2. The van der Waals surface area contributed by atoms with Gasteiger partial charge in [-0.05, 0) is 66.9 Å². The molecule has 2 aliphatic heterocycles. The Morgan fingerprint density at radius 3 is 2.36 bits per heavy atom. The monoisotopic (exact) mass is 480 g/mol. The van der Waals surface area contributed by atoms with Crippen molar-refractivity contribution in [1.82, 2.24) is 9.80 Å². The number of nitrogens with zero attached hydrogens (tertiary/aromatic N) is 3. The van der Waals surface area contributed by atoms with Crippen LogP contribution in [0.4, 0.5) is 11.4 Å². The highest BCUT2D eigenvalue weighted by atomic mass is 16.2. The molecule has 3 aromatic carbocycles. The maximum Gasteiger partial charge on any atom is 0.253 e. The van der Waals surface area contributed by atoms with Crippen molar-refractivity contribution in [2.24, 2.45) is 4.99 Å². The standard InChI is InChI=1S/C30H32N4O2/c1-33(2)30(36)23-13-16-25-26(19-23)32-29(35)27(25)28(22-9-5-3-6-10-22)31-24-14-11-21(12-15-24)20-34-17-7-4-8-18-34/h3,5-6,9-16,19,27H,4,7-8,17-18,20H2,1-2H3,(H,32,35). The van der Waals surface area contributed by atoms with Crippen LogP contribution in [0.1, 0.15) is 52.2 Å². The number of hydrogen-bond donors (Lipinski definition) is 1. The SMILES string of the molecule is CN(C)C(=O)c1ccc2c(c1)NC(=O)C2C(=Nc1ccc(CN2CCCCC2)cc1)c1ccccc1. The van der Waals surface area contributed by atoms with Gasteiger partial charge in [-0.25, -0.2) is 0 Å². The molecule has 1 saturated heterocycles. The summed E-state index contributed by atoms with van der Waals surface area (Å²) in [5, 5.41) is 2.98. The molecule has 2 aliphatic rings. The van der Waals surface area contributed by atoms with E-state index in [-0.39, 0.29) is 11.8 Å². The maximum atomic E-state index is 13.2. The molecule has 5 rings (SSSR count). The number of rotatable bonds is 6. The minimum Gasteiger partial charge on any atom is -0.345 e. The van der Waals surface area contributed by atoms with Gasteiger partial charge in [0.15, 0.2) is 0 Å². The van der Waals surface area contributed by atoms with E-state index in [1.165, 1.54) is 29.7 Å². The molecule has 6 heteroatoms. The number of piperidine rings is 1. The molecule has 0 aromatic heterocycles. The average Bonchev–Trinajstić information content (AvgIpc) is 3.23. The van der Waals surface area contributed by atoms with E-state index in [1.54, 1.807) is 26.2 Å². The highest BCUT2D eigenvalue weighted by molar-refractivity contribution is 6.24. The fourth-order valence-electron chi connectivity index (χ4n) is 5.02. The second-order valence-corrected chi connectivity index (χ2v) is 9.79. The van der Waals surface area contributed by atoms with Gasteiger partial charge in [-0.2, -0.15) is 0 Å². The first-order valence-electron chi connectivity index (χ1n) is 12.6. The van der Waals surface area contributed by atoms with Crippen LogP contribution in [-0.4, -0.2) is 54.5 Å². The molecule has 0 spiro atoms. The predicted octanol–water partition coefficient (Wildman–Crippen LogP) is 5.23. The second kappa shape index (κ2) is 10.5. The molecule has 2 heterocycles. The number of amides is 2. The molecule has 1 atom stereocenters. The molecular weight excluding hydrogens is 448 g/mol. The molecule has 0 radical (unpaired) electrons. The van der Waals surface area contributed by atoms with Gasteiger partial charge in [-0.15, -0.1) is 0 Å². The smallest absolute Gasteiger partial charge is 0.253 e. The molecule has 1 fully saturated rings. The van der Waals surface area contributed by atoms with Crippen LogP contribution < -0.4 is 5.32 Å². The third kappa shape index (κ3) is 5.09. The Kier molecular flexibility index (Phi) is 6.96. The first-order chi connectivity index (χ1) is 17.5. The fourth-order valence-corrected chi connectivity index (χ4v) is 5.02. The lowest BCUT2D eigenvalue weighted by atomic mass is 9.90. The third-order valence-corrected chi connectivity index (χ3v) is 6.92. The van der Waals surface area contributed by atoms with Gasteiger partial charge in [0.25, 0.3) is 5.91 Å². The Hall–Kier alpha value is -3.77. The first kappa shape index (κ1) is 23.9. The maximum absolute atomic E-state index is 13.2. The number of carbonyl (C=O) groups is 2. The predicted molar refractivity (Wildman–Crippen MR) is 144 cm³/mol. The van der Waals surface area contributed by atoms with Crippen LogP contribution in [0.2, 0.25) is 0 Å². The number of benzene rings is 3. The van der Waals surface area contributed by atoms with Crippen molar-refractivity contribution < 1.29 is 9.59 Å². The summed E-state index contributed by atoms with van der Waals surface area (Å²) in [5.74, 6) is -0.792. The quantitative estimate of drug-likeness (QED) is 0.491. The van der Waals surface area contributed by atoms with Gasteiger partial charge < -0.3 is 10.2 Å². The Morgan fingerprint density at radius 2 is 1.67 bits per heavy atom. The highest BCUT2D eigenvalue weighted by Gasteiger charge is 2.36. The average molecular weight is 481 g/mol. The van der Waals surface area contributed by atoms with Crippen molar-refractivity contribution in [2.75, 3.05) is 32.5 Å². The van der Waals surface area contributed by atoms with Gasteiger partial charge in [0.2, 0.25) is 5.91 Å². The van der Waals surface area contributed by atoms with E-state index >= 15 is 0 Å². The van der Waals surface area contributed by atoms with E-state index < -0.39 is 5.92 Å². The molecule has 0 bridgehead atoms. The summed E-state index contributed by atoms with van der Waals surface area (Å²) in [5.41, 5.74) is 5.73. The Balaban J connectivity index is 1.47. The largest absolute Gasteiger partial charge is 0.345 e. The van der Waals surface area contributed by atoms with Crippen molar-refractivity contribution in [3.05, 3.63) is 95.1 Å². The zero-order valence-electron chi connectivity index (χ0n) is 20.9. The number of fused-ring (bicyclic) bond motifs is 1. The van der Waals surface area contributed by atoms with Crippen LogP contribution in [0.15, 0.2) is 77.8 Å². The van der Waals surface area contributed by atoms with Crippen LogP contribution >= 0.6 is 0 Å².